The lowest BCUT2D eigenvalue weighted by Gasteiger charge is -2.40. The van der Waals surface area contributed by atoms with Crippen LogP contribution in [-0.2, 0) is 10.2 Å². The van der Waals surface area contributed by atoms with Crippen molar-refractivity contribution in [3.63, 3.8) is 0 Å². The second kappa shape index (κ2) is 3.20. The summed E-state index contributed by atoms with van der Waals surface area (Å²) in [6.45, 7) is 3.61. The SMILES string of the molecule is CC1CCNC2NS(=O)(=O)NCC12. The lowest BCUT2D eigenvalue weighted by Crippen LogP contribution is -2.64. The Balaban J connectivity index is 2.12. The smallest absolute Gasteiger partial charge is 0.278 e. The molecule has 0 amide bonds. The zero-order chi connectivity index (χ0) is 9.47. The minimum Gasteiger partial charge on any atom is -0.301 e. The van der Waals surface area contributed by atoms with Crippen molar-refractivity contribution in [1.29, 1.82) is 0 Å². The summed E-state index contributed by atoms with van der Waals surface area (Å²) in [5.41, 5.74) is 0. The number of rotatable bonds is 0. The minimum absolute atomic E-state index is 0.0741. The molecule has 0 saturated carbocycles. The Hall–Kier alpha value is -0.170. The Kier molecular flexibility index (Phi) is 2.31. The number of fused-ring (bicyclic) bond motifs is 1. The maximum absolute atomic E-state index is 11.1. The maximum atomic E-state index is 11.1. The summed E-state index contributed by atoms with van der Waals surface area (Å²) < 4.78 is 27.4. The van der Waals surface area contributed by atoms with Crippen LogP contribution in [0.4, 0.5) is 0 Å². The van der Waals surface area contributed by atoms with Gasteiger partial charge < -0.3 is 5.32 Å². The zero-order valence-electron chi connectivity index (χ0n) is 7.58. The third-order valence-corrected chi connectivity index (χ3v) is 4.03. The molecule has 0 radical (unpaired) electrons. The molecule has 2 aliphatic heterocycles. The molecule has 0 aromatic heterocycles. The summed E-state index contributed by atoms with van der Waals surface area (Å²) in [6.07, 6.45) is 1.04. The molecule has 0 aliphatic carbocycles. The van der Waals surface area contributed by atoms with Crippen LogP contribution >= 0.6 is 0 Å². The van der Waals surface area contributed by atoms with Crippen molar-refractivity contribution in [1.82, 2.24) is 14.8 Å². The summed E-state index contributed by atoms with van der Waals surface area (Å²) in [5.74, 6) is 0.944. The third kappa shape index (κ3) is 1.85. The zero-order valence-corrected chi connectivity index (χ0v) is 8.39. The second-order valence-corrected chi connectivity index (χ2v) is 5.36. The van der Waals surface area contributed by atoms with E-state index in [1.54, 1.807) is 0 Å². The molecule has 3 N–H and O–H groups in total. The molecule has 0 aromatic rings. The number of hydrogen-bond donors (Lipinski definition) is 3. The molecular weight excluding hydrogens is 190 g/mol. The van der Waals surface area contributed by atoms with Crippen LogP contribution in [0.3, 0.4) is 0 Å². The van der Waals surface area contributed by atoms with Crippen molar-refractivity contribution in [3.05, 3.63) is 0 Å². The van der Waals surface area contributed by atoms with E-state index in [-0.39, 0.29) is 6.17 Å². The molecule has 2 heterocycles. The van der Waals surface area contributed by atoms with Crippen molar-refractivity contribution >= 4 is 10.2 Å². The second-order valence-electron chi connectivity index (χ2n) is 3.83. The van der Waals surface area contributed by atoms with Crippen LogP contribution in [0.15, 0.2) is 0 Å². The summed E-state index contributed by atoms with van der Waals surface area (Å²) in [7, 11) is -3.24. The Bertz CT molecular complexity index is 290. The van der Waals surface area contributed by atoms with E-state index in [2.05, 4.69) is 21.7 Å². The van der Waals surface area contributed by atoms with Gasteiger partial charge in [-0.2, -0.15) is 13.1 Å². The molecule has 0 aromatic carbocycles. The number of piperidine rings is 1. The highest BCUT2D eigenvalue weighted by Gasteiger charge is 2.37. The molecule has 2 rings (SSSR count). The monoisotopic (exact) mass is 205 g/mol. The van der Waals surface area contributed by atoms with Gasteiger partial charge in [0.05, 0.1) is 6.17 Å². The molecule has 2 saturated heterocycles. The van der Waals surface area contributed by atoms with Crippen molar-refractivity contribution in [2.75, 3.05) is 13.1 Å². The minimum atomic E-state index is -3.24. The number of nitrogens with one attached hydrogen (secondary N) is 3. The highest BCUT2D eigenvalue weighted by Crippen LogP contribution is 2.23. The van der Waals surface area contributed by atoms with Crippen LogP contribution in [0.2, 0.25) is 0 Å². The summed E-state index contributed by atoms with van der Waals surface area (Å²) in [4.78, 5) is 0. The predicted molar refractivity (Wildman–Crippen MR) is 49.1 cm³/mol. The Labute approximate surface area is 78.5 Å². The Morgan fingerprint density at radius 2 is 2.15 bits per heavy atom. The van der Waals surface area contributed by atoms with Crippen LogP contribution in [0.1, 0.15) is 13.3 Å². The van der Waals surface area contributed by atoms with E-state index >= 15 is 0 Å². The van der Waals surface area contributed by atoms with E-state index in [1.807, 2.05) is 0 Å². The first kappa shape index (κ1) is 9.39. The summed E-state index contributed by atoms with van der Waals surface area (Å²) in [5, 5.41) is 3.18. The van der Waals surface area contributed by atoms with Crippen LogP contribution in [-0.4, -0.2) is 27.7 Å². The van der Waals surface area contributed by atoms with E-state index in [9.17, 15) is 8.42 Å². The fourth-order valence-corrected chi connectivity index (χ4v) is 3.11. The van der Waals surface area contributed by atoms with Gasteiger partial charge in [-0.15, -0.1) is 0 Å². The third-order valence-electron chi connectivity index (χ3n) is 2.91. The van der Waals surface area contributed by atoms with E-state index in [0.717, 1.165) is 13.0 Å². The van der Waals surface area contributed by atoms with Gasteiger partial charge in [-0.05, 0) is 18.9 Å². The molecular formula is C7H15N3O2S. The first-order valence-corrected chi connectivity index (χ1v) is 6.07. The fourth-order valence-electron chi connectivity index (χ4n) is 2.02. The molecule has 3 unspecified atom stereocenters. The van der Waals surface area contributed by atoms with Gasteiger partial charge in [0.1, 0.15) is 0 Å². The largest absolute Gasteiger partial charge is 0.301 e. The molecule has 0 bridgehead atoms. The lowest BCUT2D eigenvalue weighted by atomic mass is 9.86. The Morgan fingerprint density at radius 1 is 1.38 bits per heavy atom. The highest BCUT2D eigenvalue weighted by molar-refractivity contribution is 7.87. The van der Waals surface area contributed by atoms with E-state index in [4.69, 9.17) is 0 Å². The van der Waals surface area contributed by atoms with Gasteiger partial charge in [0.25, 0.3) is 10.2 Å². The maximum Gasteiger partial charge on any atom is 0.278 e. The van der Waals surface area contributed by atoms with Gasteiger partial charge in [-0.3, -0.25) is 0 Å². The van der Waals surface area contributed by atoms with Crippen LogP contribution in [0, 0.1) is 11.8 Å². The van der Waals surface area contributed by atoms with Gasteiger partial charge in [-0.1, -0.05) is 6.92 Å². The van der Waals surface area contributed by atoms with Crippen molar-refractivity contribution in [2.24, 2.45) is 11.8 Å². The van der Waals surface area contributed by atoms with Crippen molar-refractivity contribution in [3.8, 4) is 0 Å². The first-order valence-electron chi connectivity index (χ1n) is 4.59. The summed E-state index contributed by atoms with van der Waals surface area (Å²) in [6, 6.07) is 0. The molecule has 76 valence electrons. The van der Waals surface area contributed by atoms with Crippen LogP contribution in [0.5, 0.6) is 0 Å². The lowest BCUT2D eigenvalue weighted by molar-refractivity contribution is 0.184. The Morgan fingerprint density at radius 3 is 2.92 bits per heavy atom. The topological polar surface area (TPSA) is 70.2 Å². The van der Waals surface area contributed by atoms with E-state index in [1.165, 1.54) is 0 Å². The molecule has 2 fully saturated rings. The fraction of sp³-hybridized carbons (Fsp3) is 1.00. The van der Waals surface area contributed by atoms with Crippen LogP contribution in [0.25, 0.3) is 0 Å². The predicted octanol–water partition coefficient (Wildman–Crippen LogP) is -1.00. The van der Waals surface area contributed by atoms with E-state index < -0.39 is 10.2 Å². The van der Waals surface area contributed by atoms with Gasteiger partial charge in [0.15, 0.2) is 0 Å². The molecule has 2 aliphatic rings. The van der Waals surface area contributed by atoms with Gasteiger partial charge in [-0.25, -0.2) is 4.72 Å². The molecule has 5 nitrogen and oxygen atoms in total. The highest BCUT2D eigenvalue weighted by atomic mass is 32.2. The number of hydrogen-bond acceptors (Lipinski definition) is 3. The standard InChI is InChI=1S/C7H15N3O2S/c1-5-2-3-8-7-6(5)4-9-13(11,12)10-7/h5-10H,2-4H2,1H3. The molecule has 6 heteroatoms. The molecule has 3 atom stereocenters. The first-order chi connectivity index (χ1) is 6.08. The van der Waals surface area contributed by atoms with Crippen molar-refractivity contribution in [2.45, 2.75) is 19.5 Å². The van der Waals surface area contributed by atoms with Gasteiger partial charge >= 0.3 is 0 Å². The van der Waals surface area contributed by atoms with E-state index in [0.29, 0.717) is 18.4 Å². The molecule has 0 spiro atoms. The quantitative estimate of drug-likeness (QED) is 0.475. The molecule has 13 heavy (non-hydrogen) atoms. The van der Waals surface area contributed by atoms with Crippen LogP contribution < -0.4 is 14.8 Å². The normalized spacial score (nSPS) is 43.9. The summed E-state index contributed by atoms with van der Waals surface area (Å²) >= 11 is 0. The van der Waals surface area contributed by atoms with Crippen molar-refractivity contribution < 1.29 is 8.42 Å². The average Bonchev–Trinajstić information content (AvgIpc) is 2.02. The van der Waals surface area contributed by atoms with Gasteiger partial charge in [0, 0.05) is 12.5 Å². The van der Waals surface area contributed by atoms with Gasteiger partial charge in [0.2, 0.25) is 0 Å². The average molecular weight is 205 g/mol.